The van der Waals surface area contributed by atoms with Crippen molar-refractivity contribution in [2.75, 3.05) is 0 Å². The third-order valence-corrected chi connectivity index (χ3v) is 3.25. The Hall–Kier alpha value is -0.940. The molecule has 2 aromatic rings. The lowest BCUT2D eigenvalue weighted by atomic mass is 10.2. The molecule has 0 fully saturated rings. The molecule has 0 saturated heterocycles. The van der Waals surface area contributed by atoms with Crippen LogP contribution in [-0.4, -0.2) is 14.8 Å². The van der Waals surface area contributed by atoms with E-state index in [1.54, 1.807) is 6.07 Å². The topological polar surface area (TPSA) is 30.7 Å². The van der Waals surface area contributed by atoms with E-state index in [9.17, 15) is 4.39 Å². The van der Waals surface area contributed by atoms with Gasteiger partial charge in [0.15, 0.2) is 5.82 Å². The molecule has 0 aliphatic rings. The SMILES string of the molecule is CCn1c(CBr)nnc1-c1ccc(Cl)c(F)c1. The van der Waals surface area contributed by atoms with Crippen molar-refractivity contribution in [1.29, 1.82) is 0 Å². The van der Waals surface area contributed by atoms with Gasteiger partial charge in [0.05, 0.1) is 10.4 Å². The molecule has 3 nitrogen and oxygen atoms in total. The molecule has 0 atom stereocenters. The number of hydrogen-bond acceptors (Lipinski definition) is 2. The molecule has 0 aliphatic heterocycles. The second-order valence-corrected chi connectivity index (χ2v) is 4.41. The average Bonchev–Trinajstić information content (AvgIpc) is 2.75. The van der Waals surface area contributed by atoms with Gasteiger partial charge < -0.3 is 4.57 Å². The second-order valence-electron chi connectivity index (χ2n) is 3.45. The Morgan fingerprint density at radius 3 is 2.76 bits per heavy atom. The maximum atomic E-state index is 13.4. The Balaban J connectivity index is 2.52. The summed E-state index contributed by atoms with van der Waals surface area (Å²) in [5.74, 6) is 1.02. The molecule has 0 spiro atoms. The van der Waals surface area contributed by atoms with Gasteiger partial charge in [-0.3, -0.25) is 0 Å². The Labute approximate surface area is 112 Å². The number of alkyl halides is 1. The Kier molecular flexibility index (Phi) is 3.79. The maximum Gasteiger partial charge on any atom is 0.164 e. The minimum absolute atomic E-state index is 0.108. The van der Waals surface area contributed by atoms with Gasteiger partial charge in [-0.15, -0.1) is 10.2 Å². The first-order chi connectivity index (χ1) is 8.17. The first-order valence-corrected chi connectivity index (χ1v) is 6.60. The molecule has 0 N–H and O–H groups in total. The largest absolute Gasteiger partial charge is 0.311 e. The van der Waals surface area contributed by atoms with E-state index in [4.69, 9.17) is 11.6 Å². The quantitative estimate of drug-likeness (QED) is 0.809. The van der Waals surface area contributed by atoms with E-state index in [-0.39, 0.29) is 5.02 Å². The van der Waals surface area contributed by atoms with E-state index in [1.807, 2.05) is 11.5 Å². The van der Waals surface area contributed by atoms with Gasteiger partial charge in [0.2, 0.25) is 0 Å². The third kappa shape index (κ3) is 2.35. The van der Waals surface area contributed by atoms with Crippen molar-refractivity contribution in [1.82, 2.24) is 14.8 Å². The van der Waals surface area contributed by atoms with Crippen LogP contribution < -0.4 is 0 Å². The lowest BCUT2D eigenvalue weighted by Gasteiger charge is -2.06. The summed E-state index contributed by atoms with van der Waals surface area (Å²) >= 11 is 8.99. The highest BCUT2D eigenvalue weighted by molar-refractivity contribution is 9.08. The molecule has 0 amide bonds. The zero-order chi connectivity index (χ0) is 12.4. The number of hydrogen-bond donors (Lipinski definition) is 0. The zero-order valence-corrected chi connectivity index (χ0v) is 11.5. The Morgan fingerprint density at radius 1 is 1.41 bits per heavy atom. The molecule has 6 heteroatoms. The smallest absolute Gasteiger partial charge is 0.164 e. The molecule has 0 unspecified atom stereocenters. The molecule has 90 valence electrons. The van der Waals surface area contributed by atoms with Gasteiger partial charge in [0.1, 0.15) is 11.6 Å². The molecule has 0 radical (unpaired) electrons. The average molecular weight is 319 g/mol. The second kappa shape index (κ2) is 5.14. The van der Waals surface area contributed by atoms with E-state index in [2.05, 4.69) is 26.1 Å². The van der Waals surface area contributed by atoms with Crippen LogP contribution in [0.25, 0.3) is 11.4 Å². The normalized spacial score (nSPS) is 10.8. The van der Waals surface area contributed by atoms with Crippen LogP contribution >= 0.6 is 27.5 Å². The minimum atomic E-state index is -0.449. The van der Waals surface area contributed by atoms with Crippen LogP contribution in [0.5, 0.6) is 0 Å². The molecule has 0 bridgehead atoms. The van der Waals surface area contributed by atoms with Crippen molar-refractivity contribution < 1.29 is 4.39 Å². The van der Waals surface area contributed by atoms with Crippen LogP contribution in [0.1, 0.15) is 12.7 Å². The summed E-state index contributed by atoms with van der Waals surface area (Å²) in [5, 5.41) is 8.84. The highest BCUT2D eigenvalue weighted by atomic mass is 79.9. The van der Waals surface area contributed by atoms with Crippen molar-refractivity contribution in [2.24, 2.45) is 0 Å². The molecular weight excluding hydrogens is 308 g/mol. The van der Waals surface area contributed by atoms with E-state index in [0.717, 1.165) is 12.4 Å². The molecule has 2 rings (SSSR count). The first-order valence-electron chi connectivity index (χ1n) is 5.10. The zero-order valence-electron chi connectivity index (χ0n) is 9.12. The summed E-state index contributed by atoms with van der Waals surface area (Å²) in [4.78, 5) is 0. The van der Waals surface area contributed by atoms with Crippen LogP contribution in [-0.2, 0) is 11.9 Å². The molecule has 0 aliphatic carbocycles. The molecular formula is C11H10BrClFN3. The third-order valence-electron chi connectivity index (χ3n) is 2.44. The number of rotatable bonds is 3. The lowest BCUT2D eigenvalue weighted by Crippen LogP contribution is -2.02. The fourth-order valence-corrected chi connectivity index (χ4v) is 2.15. The predicted octanol–water partition coefficient (Wildman–Crippen LogP) is 3.65. The van der Waals surface area contributed by atoms with Crippen molar-refractivity contribution in [3.8, 4) is 11.4 Å². The van der Waals surface area contributed by atoms with E-state index in [1.165, 1.54) is 12.1 Å². The summed E-state index contributed by atoms with van der Waals surface area (Å²) in [6.45, 7) is 2.72. The molecule has 17 heavy (non-hydrogen) atoms. The van der Waals surface area contributed by atoms with Crippen LogP contribution in [0, 0.1) is 5.82 Å². The number of nitrogens with zero attached hydrogens (tertiary/aromatic N) is 3. The van der Waals surface area contributed by atoms with Gasteiger partial charge >= 0.3 is 0 Å². The summed E-state index contributed by atoms with van der Waals surface area (Å²) in [5.41, 5.74) is 0.674. The summed E-state index contributed by atoms with van der Waals surface area (Å²) in [6, 6.07) is 4.63. The lowest BCUT2D eigenvalue weighted by molar-refractivity contribution is 0.628. The maximum absolute atomic E-state index is 13.4. The van der Waals surface area contributed by atoms with Crippen LogP contribution in [0.15, 0.2) is 18.2 Å². The standard InChI is InChI=1S/C11H10BrClFN3/c1-2-17-10(6-12)15-16-11(17)7-3-4-8(13)9(14)5-7/h3-5H,2,6H2,1H3. The fraction of sp³-hybridized carbons (Fsp3) is 0.273. The number of aromatic nitrogens is 3. The van der Waals surface area contributed by atoms with Gasteiger partial charge in [0, 0.05) is 12.1 Å². The minimum Gasteiger partial charge on any atom is -0.311 e. The first kappa shape index (κ1) is 12.5. The monoisotopic (exact) mass is 317 g/mol. The van der Waals surface area contributed by atoms with Crippen molar-refractivity contribution >= 4 is 27.5 Å². The van der Waals surface area contributed by atoms with Crippen LogP contribution in [0.3, 0.4) is 0 Å². The highest BCUT2D eigenvalue weighted by Crippen LogP contribution is 2.24. The number of halogens is 3. The molecule has 1 aromatic carbocycles. The molecule has 1 heterocycles. The van der Waals surface area contributed by atoms with Crippen molar-refractivity contribution in [3.05, 3.63) is 34.9 Å². The van der Waals surface area contributed by atoms with E-state index >= 15 is 0 Å². The van der Waals surface area contributed by atoms with Crippen molar-refractivity contribution in [2.45, 2.75) is 18.8 Å². The molecule has 1 aromatic heterocycles. The summed E-state index contributed by atoms with van der Waals surface area (Å²) in [7, 11) is 0. The highest BCUT2D eigenvalue weighted by Gasteiger charge is 2.13. The van der Waals surface area contributed by atoms with E-state index in [0.29, 0.717) is 16.7 Å². The van der Waals surface area contributed by atoms with Crippen LogP contribution in [0.4, 0.5) is 4.39 Å². The predicted molar refractivity (Wildman–Crippen MR) is 68.7 cm³/mol. The van der Waals surface area contributed by atoms with Crippen molar-refractivity contribution in [3.63, 3.8) is 0 Å². The van der Waals surface area contributed by atoms with Gasteiger partial charge in [-0.1, -0.05) is 27.5 Å². The van der Waals surface area contributed by atoms with E-state index < -0.39 is 5.82 Å². The molecule has 0 saturated carbocycles. The fourth-order valence-electron chi connectivity index (χ4n) is 1.62. The summed E-state index contributed by atoms with van der Waals surface area (Å²) < 4.78 is 15.3. The van der Waals surface area contributed by atoms with Crippen LogP contribution in [0.2, 0.25) is 5.02 Å². The van der Waals surface area contributed by atoms with Gasteiger partial charge in [-0.05, 0) is 25.1 Å². The van der Waals surface area contributed by atoms with Gasteiger partial charge in [-0.2, -0.15) is 0 Å². The van der Waals surface area contributed by atoms with Gasteiger partial charge in [0.25, 0.3) is 0 Å². The Morgan fingerprint density at radius 2 is 2.18 bits per heavy atom. The Bertz CT molecular complexity index is 542. The number of benzene rings is 1. The summed E-state index contributed by atoms with van der Waals surface area (Å²) in [6.07, 6.45) is 0. The van der Waals surface area contributed by atoms with Gasteiger partial charge in [-0.25, -0.2) is 4.39 Å².